The van der Waals surface area contributed by atoms with Crippen LogP contribution >= 0.6 is 0 Å². The van der Waals surface area contributed by atoms with Gasteiger partial charge in [0.1, 0.15) is 0 Å². The van der Waals surface area contributed by atoms with Gasteiger partial charge >= 0.3 is 0 Å². The summed E-state index contributed by atoms with van der Waals surface area (Å²) in [4.78, 5) is 18.0. The third-order valence-corrected chi connectivity index (χ3v) is 3.19. The van der Waals surface area contributed by atoms with Crippen LogP contribution in [0.25, 0.3) is 0 Å². The van der Waals surface area contributed by atoms with E-state index in [1.54, 1.807) is 26.1 Å². The SMILES string of the molecule is CCNC(=NCc1ccc(C(=O)N(C)C)cc1)NCCCOC. The van der Waals surface area contributed by atoms with Crippen LogP contribution in [0.15, 0.2) is 29.3 Å². The normalized spacial score (nSPS) is 11.2. The molecule has 0 atom stereocenters. The molecule has 1 rings (SSSR count). The van der Waals surface area contributed by atoms with E-state index in [4.69, 9.17) is 4.74 Å². The molecule has 0 aromatic heterocycles. The third kappa shape index (κ3) is 7.15. The van der Waals surface area contributed by atoms with Crippen molar-refractivity contribution in [3.63, 3.8) is 0 Å². The fraction of sp³-hybridized carbons (Fsp3) is 0.529. The molecule has 0 unspecified atom stereocenters. The molecule has 0 aliphatic carbocycles. The number of nitrogens with one attached hydrogen (secondary N) is 2. The number of methoxy groups -OCH3 is 1. The molecule has 0 saturated heterocycles. The molecule has 2 N–H and O–H groups in total. The van der Waals surface area contributed by atoms with Crippen LogP contribution in [-0.4, -0.2) is 57.7 Å². The number of hydrogen-bond acceptors (Lipinski definition) is 3. The van der Waals surface area contributed by atoms with Gasteiger partial charge in [0.2, 0.25) is 0 Å². The van der Waals surface area contributed by atoms with Crippen molar-refractivity contribution in [3.05, 3.63) is 35.4 Å². The Morgan fingerprint density at radius 3 is 2.48 bits per heavy atom. The van der Waals surface area contributed by atoms with E-state index < -0.39 is 0 Å². The molecular weight excluding hydrogens is 292 g/mol. The number of guanidine groups is 1. The van der Waals surface area contributed by atoms with Gasteiger partial charge in [-0.25, -0.2) is 4.99 Å². The van der Waals surface area contributed by atoms with Gasteiger partial charge in [-0.1, -0.05) is 12.1 Å². The Labute approximate surface area is 138 Å². The summed E-state index contributed by atoms with van der Waals surface area (Å²) in [6.07, 6.45) is 0.933. The molecule has 23 heavy (non-hydrogen) atoms. The number of nitrogens with zero attached hydrogens (tertiary/aromatic N) is 2. The molecule has 0 bridgehead atoms. The first kappa shape index (κ1) is 19.0. The molecule has 0 aliphatic rings. The summed E-state index contributed by atoms with van der Waals surface area (Å²) >= 11 is 0. The Morgan fingerprint density at radius 2 is 1.91 bits per heavy atom. The van der Waals surface area contributed by atoms with Gasteiger partial charge in [-0.05, 0) is 31.0 Å². The first-order valence-electron chi connectivity index (χ1n) is 7.90. The number of aliphatic imine (C=N–C) groups is 1. The van der Waals surface area contributed by atoms with Gasteiger partial charge in [0.25, 0.3) is 5.91 Å². The Kier molecular flexibility index (Phi) is 8.75. The molecule has 6 heteroatoms. The van der Waals surface area contributed by atoms with Crippen LogP contribution < -0.4 is 10.6 Å². The molecule has 1 amide bonds. The van der Waals surface area contributed by atoms with E-state index >= 15 is 0 Å². The topological polar surface area (TPSA) is 66.0 Å². The molecule has 128 valence electrons. The lowest BCUT2D eigenvalue weighted by Gasteiger charge is -2.12. The summed E-state index contributed by atoms with van der Waals surface area (Å²) in [5, 5.41) is 6.48. The van der Waals surface area contributed by atoms with Gasteiger partial charge in [0.05, 0.1) is 6.54 Å². The Bertz CT molecular complexity index is 498. The highest BCUT2D eigenvalue weighted by Gasteiger charge is 2.07. The van der Waals surface area contributed by atoms with Gasteiger partial charge in [-0.2, -0.15) is 0 Å². The first-order chi connectivity index (χ1) is 11.1. The standard InChI is InChI=1S/C17H28N4O2/c1-5-18-17(19-11-6-12-23-4)20-13-14-7-9-15(10-8-14)16(22)21(2)3/h7-10H,5-6,11-13H2,1-4H3,(H2,18,19,20). The van der Waals surface area contributed by atoms with Crippen molar-refractivity contribution in [1.29, 1.82) is 0 Å². The summed E-state index contributed by atoms with van der Waals surface area (Å²) in [5.74, 6) is 0.797. The zero-order chi connectivity index (χ0) is 17.1. The van der Waals surface area contributed by atoms with E-state index in [9.17, 15) is 4.79 Å². The predicted molar refractivity (Wildman–Crippen MR) is 93.8 cm³/mol. The highest BCUT2D eigenvalue weighted by Crippen LogP contribution is 2.07. The second kappa shape index (κ2) is 10.6. The minimum Gasteiger partial charge on any atom is -0.385 e. The molecular formula is C17H28N4O2. The minimum absolute atomic E-state index is 0.00759. The molecule has 0 saturated carbocycles. The van der Waals surface area contributed by atoms with Crippen LogP contribution in [0, 0.1) is 0 Å². The molecule has 0 spiro atoms. The van der Waals surface area contributed by atoms with Gasteiger partial charge in [0.15, 0.2) is 5.96 Å². The minimum atomic E-state index is 0.00759. The fourth-order valence-electron chi connectivity index (χ4n) is 1.95. The van der Waals surface area contributed by atoms with E-state index in [0.29, 0.717) is 12.1 Å². The summed E-state index contributed by atoms with van der Waals surface area (Å²) in [7, 11) is 5.20. The zero-order valence-corrected chi connectivity index (χ0v) is 14.6. The number of hydrogen-bond donors (Lipinski definition) is 2. The van der Waals surface area contributed by atoms with Crippen LogP contribution in [0.2, 0.25) is 0 Å². The Morgan fingerprint density at radius 1 is 1.22 bits per heavy atom. The lowest BCUT2D eigenvalue weighted by atomic mass is 10.1. The average Bonchev–Trinajstić information content (AvgIpc) is 2.56. The summed E-state index contributed by atoms with van der Waals surface area (Å²) in [6, 6.07) is 7.56. The van der Waals surface area contributed by atoms with E-state index in [1.165, 1.54) is 0 Å². The second-order valence-corrected chi connectivity index (χ2v) is 5.36. The Balaban J connectivity index is 2.59. The average molecular weight is 320 g/mol. The van der Waals surface area contributed by atoms with Gasteiger partial charge in [0, 0.05) is 46.5 Å². The number of carbonyl (C=O) groups excluding carboxylic acids is 1. The van der Waals surface area contributed by atoms with Crippen LogP contribution in [0.5, 0.6) is 0 Å². The number of amides is 1. The van der Waals surface area contributed by atoms with E-state index in [2.05, 4.69) is 15.6 Å². The number of ether oxygens (including phenoxy) is 1. The second-order valence-electron chi connectivity index (χ2n) is 5.36. The van der Waals surface area contributed by atoms with Gasteiger partial charge in [-0.15, -0.1) is 0 Å². The van der Waals surface area contributed by atoms with Crippen molar-refractivity contribution >= 4 is 11.9 Å². The predicted octanol–water partition coefficient (Wildman–Crippen LogP) is 1.48. The Hall–Kier alpha value is -2.08. The fourth-order valence-corrected chi connectivity index (χ4v) is 1.95. The largest absolute Gasteiger partial charge is 0.385 e. The number of carbonyl (C=O) groups is 1. The highest BCUT2D eigenvalue weighted by atomic mass is 16.5. The van der Waals surface area contributed by atoms with Crippen LogP contribution in [0.4, 0.5) is 0 Å². The molecule has 0 fully saturated rings. The molecule has 0 radical (unpaired) electrons. The van der Waals surface area contributed by atoms with Crippen LogP contribution in [-0.2, 0) is 11.3 Å². The lowest BCUT2D eigenvalue weighted by Crippen LogP contribution is -2.38. The van der Waals surface area contributed by atoms with Crippen LogP contribution in [0.3, 0.4) is 0 Å². The van der Waals surface area contributed by atoms with Crippen molar-refractivity contribution in [2.24, 2.45) is 4.99 Å². The van der Waals surface area contributed by atoms with E-state index in [-0.39, 0.29) is 5.91 Å². The molecule has 1 aromatic carbocycles. The summed E-state index contributed by atoms with van der Waals surface area (Å²) < 4.78 is 5.03. The molecule has 6 nitrogen and oxygen atoms in total. The first-order valence-corrected chi connectivity index (χ1v) is 7.90. The summed E-state index contributed by atoms with van der Waals surface area (Å²) in [5.41, 5.74) is 1.75. The maximum absolute atomic E-state index is 11.8. The van der Waals surface area contributed by atoms with Gasteiger partial charge in [-0.3, -0.25) is 4.79 Å². The number of benzene rings is 1. The molecule has 0 heterocycles. The molecule has 1 aromatic rings. The van der Waals surface area contributed by atoms with Crippen LogP contribution in [0.1, 0.15) is 29.3 Å². The maximum atomic E-state index is 11.8. The third-order valence-electron chi connectivity index (χ3n) is 3.19. The van der Waals surface area contributed by atoms with Crippen molar-refractivity contribution in [1.82, 2.24) is 15.5 Å². The number of rotatable bonds is 8. The highest BCUT2D eigenvalue weighted by molar-refractivity contribution is 5.93. The van der Waals surface area contributed by atoms with Gasteiger partial charge < -0.3 is 20.3 Å². The van der Waals surface area contributed by atoms with E-state index in [1.807, 2.05) is 31.2 Å². The van der Waals surface area contributed by atoms with Crippen molar-refractivity contribution in [2.75, 3.05) is 40.9 Å². The molecule has 0 aliphatic heterocycles. The smallest absolute Gasteiger partial charge is 0.253 e. The van der Waals surface area contributed by atoms with Crippen molar-refractivity contribution in [3.8, 4) is 0 Å². The van der Waals surface area contributed by atoms with Crippen molar-refractivity contribution < 1.29 is 9.53 Å². The lowest BCUT2D eigenvalue weighted by molar-refractivity contribution is 0.0827. The maximum Gasteiger partial charge on any atom is 0.253 e. The quantitative estimate of drug-likeness (QED) is 0.433. The van der Waals surface area contributed by atoms with Crippen molar-refractivity contribution in [2.45, 2.75) is 19.9 Å². The monoisotopic (exact) mass is 320 g/mol. The van der Waals surface area contributed by atoms with E-state index in [0.717, 1.165) is 37.6 Å². The summed E-state index contributed by atoms with van der Waals surface area (Å²) in [6.45, 7) is 4.96. The zero-order valence-electron chi connectivity index (χ0n) is 14.6.